The van der Waals surface area contributed by atoms with E-state index in [2.05, 4.69) is 15.1 Å². The second-order valence-electron chi connectivity index (χ2n) is 4.68. The Balaban J connectivity index is 2.21. The summed E-state index contributed by atoms with van der Waals surface area (Å²) in [4.78, 5) is 20.1. The van der Waals surface area contributed by atoms with Gasteiger partial charge in [0.05, 0.1) is 5.39 Å². The lowest BCUT2D eigenvalue weighted by Gasteiger charge is -2.08. The molecule has 1 N–H and O–H groups in total. The van der Waals surface area contributed by atoms with Gasteiger partial charge in [-0.2, -0.15) is 9.97 Å². The summed E-state index contributed by atoms with van der Waals surface area (Å²) in [7, 11) is 0. The molecule has 0 saturated carbocycles. The van der Waals surface area contributed by atoms with Crippen molar-refractivity contribution in [1.29, 1.82) is 0 Å². The molecule has 0 atom stereocenters. The zero-order valence-corrected chi connectivity index (χ0v) is 11.2. The molecule has 0 spiro atoms. The Hall–Kier alpha value is -1.76. The molecule has 1 aliphatic carbocycles. The predicted octanol–water partition coefficient (Wildman–Crippen LogP) is 1.76. The van der Waals surface area contributed by atoms with E-state index in [-0.39, 0.29) is 5.69 Å². The van der Waals surface area contributed by atoms with Crippen LogP contribution in [0.2, 0.25) is 0 Å². The highest BCUT2D eigenvalue weighted by Gasteiger charge is 2.23. The molecule has 0 aliphatic heterocycles. The van der Waals surface area contributed by atoms with E-state index in [0.717, 1.165) is 36.8 Å². The second-order valence-corrected chi connectivity index (χ2v) is 5.45. The molecule has 0 aromatic carbocycles. The third kappa shape index (κ3) is 1.48. The second kappa shape index (κ2) is 3.86. The maximum Gasteiger partial charge on any atom is 0.362 e. The molecule has 0 fully saturated rings. The lowest BCUT2D eigenvalue weighted by Crippen LogP contribution is -2.03. The van der Waals surface area contributed by atoms with Crippen LogP contribution in [-0.4, -0.2) is 25.8 Å². The lowest BCUT2D eigenvalue weighted by molar-refractivity contribution is 0.497. The molecular weight excluding hydrogens is 264 g/mol. The van der Waals surface area contributed by atoms with E-state index in [9.17, 15) is 4.79 Å². The van der Waals surface area contributed by atoms with E-state index in [1.54, 1.807) is 4.52 Å². The van der Waals surface area contributed by atoms with Gasteiger partial charge in [-0.15, -0.1) is 0 Å². The van der Waals surface area contributed by atoms with Crippen LogP contribution in [0.25, 0.3) is 16.7 Å². The number of furan rings is 1. The van der Waals surface area contributed by atoms with E-state index in [1.165, 1.54) is 17.3 Å². The minimum Gasteiger partial charge on any atom is -0.442 e. The Morgan fingerprint density at radius 3 is 3.00 bits per heavy atom. The van der Waals surface area contributed by atoms with Crippen LogP contribution in [0.15, 0.2) is 14.4 Å². The summed E-state index contributed by atoms with van der Waals surface area (Å²) in [5, 5.41) is 4.27. The monoisotopic (exact) mass is 276 g/mol. The molecule has 0 bridgehead atoms. The highest BCUT2D eigenvalue weighted by Crippen LogP contribution is 2.33. The maximum absolute atomic E-state index is 11.5. The lowest BCUT2D eigenvalue weighted by atomic mass is 9.97. The molecule has 3 aromatic rings. The fourth-order valence-corrected chi connectivity index (χ4v) is 3.25. The van der Waals surface area contributed by atoms with Crippen LogP contribution in [0, 0.1) is 0 Å². The molecule has 7 heteroatoms. The Kier molecular flexibility index (Phi) is 2.26. The third-order valence-electron chi connectivity index (χ3n) is 3.57. The van der Waals surface area contributed by atoms with Gasteiger partial charge in [0, 0.05) is 12.0 Å². The van der Waals surface area contributed by atoms with E-state index >= 15 is 0 Å². The number of rotatable bonds is 1. The molecule has 3 aromatic heterocycles. The van der Waals surface area contributed by atoms with Crippen molar-refractivity contribution in [3.05, 3.63) is 21.8 Å². The SMILES string of the molecule is CSc1nc2oc3c(c2c2nc(=O)[nH]n12)CCCC3. The van der Waals surface area contributed by atoms with Gasteiger partial charge >= 0.3 is 5.69 Å². The number of hydrogen-bond donors (Lipinski definition) is 1. The van der Waals surface area contributed by atoms with Gasteiger partial charge in [-0.25, -0.2) is 14.4 Å². The number of thioether (sulfide) groups is 1. The first-order valence-electron chi connectivity index (χ1n) is 6.25. The zero-order chi connectivity index (χ0) is 13.0. The van der Waals surface area contributed by atoms with Crippen molar-refractivity contribution in [3.8, 4) is 0 Å². The van der Waals surface area contributed by atoms with E-state index in [1.807, 2.05) is 6.26 Å². The van der Waals surface area contributed by atoms with Gasteiger partial charge in [0.2, 0.25) is 5.71 Å². The Morgan fingerprint density at radius 2 is 2.16 bits per heavy atom. The minimum absolute atomic E-state index is 0.352. The zero-order valence-electron chi connectivity index (χ0n) is 10.4. The topological polar surface area (TPSA) is 76.2 Å². The fraction of sp³-hybridized carbons (Fsp3) is 0.417. The predicted molar refractivity (Wildman–Crippen MR) is 71.8 cm³/mol. The number of hydrogen-bond acceptors (Lipinski definition) is 5. The first kappa shape index (κ1) is 11.1. The molecule has 0 unspecified atom stereocenters. The van der Waals surface area contributed by atoms with Gasteiger partial charge in [0.1, 0.15) is 5.76 Å². The summed E-state index contributed by atoms with van der Waals surface area (Å²) in [5.41, 5.74) is 2.05. The smallest absolute Gasteiger partial charge is 0.362 e. The number of H-pyrrole nitrogens is 1. The highest BCUT2D eigenvalue weighted by molar-refractivity contribution is 7.98. The van der Waals surface area contributed by atoms with E-state index < -0.39 is 0 Å². The van der Waals surface area contributed by atoms with Gasteiger partial charge < -0.3 is 4.42 Å². The number of nitrogens with one attached hydrogen (secondary N) is 1. The van der Waals surface area contributed by atoms with Gasteiger partial charge in [-0.3, -0.25) is 0 Å². The number of aromatic nitrogens is 4. The van der Waals surface area contributed by atoms with Crippen molar-refractivity contribution >= 4 is 28.5 Å². The van der Waals surface area contributed by atoms with Crippen molar-refractivity contribution in [2.24, 2.45) is 0 Å². The van der Waals surface area contributed by atoms with Crippen molar-refractivity contribution in [1.82, 2.24) is 19.6 Å². The molecule has 0 saturated heterocycles. The maximum atomic E-state index is 11.5. The number of nitrogens with zero attached hydrogens (tertiary/aromatic N) is 3. The third-order valence-corrected chi connectivity index (χ3v) is 4.21. The molecule has 6 nitrogen and oxygen atoms in total. The van der Waals surface area contributed by atoms with Crippen LogP contribution in [0.1, 0.15) is 24.2 Å². The van der Waals surface area contributed by atoms with Gasteiger partial charge in [0.25, 0.3) is 0 Å². The summed E-state index contributed by atoms with van der Waals surface area (Å²) in [6, 6.07) is 0. The molecule has 0 radical (unpaired) electrons. The average molecular weight is 276 g/mol. The molecular formula is C12H12N4O2S. The summed E-state index contributed by atoms with van der Waals surface area (Å²) in [5.74, 6) is 1.00. The standard InChI is InChI=1S/C12H12N4O2S/c1-19-12-14-10-8(9-13-11(17)15-16(9)12)6-4-2-3-5-7(6)18-10/h2-5H2,1H3,(H,15,17). The first-order chi connectivity index (χ1) is 9.28. The van der Waals surface area contributed by atoms with Gasteiger partial charge in [0.15, 0.2) is 10.8 Å². The van der Waals surface area contributed by atoms with Crippen LogP contribution >= 0.6 is 11.8 Å². The summed E-state index contributed by atoms with van der Waals surface area (Å²) < 4.78 is 7.51. The fourth-order valence-electron chi connectivity index (χ4n) is 2.76. The van der Waals surface area contributed by atoms with Gasteiger partial charge in [-0.05, 0) is 25.5 Å². The quantitative estimate of drug-likeness (QED) is 0.541. The van der Waals surface area contributed by atoms with E-state index in [0.29, 0.717) is 16.5 Å². The van der Waals surface area contributed by atoms with E-state index in [4.69, 9.17) is 4.42 Å². The molecule has 3 heterocycles. The average Bonchev–Trinajstić information content (AvgIpc) is 2.96. The molecule has 4 rings (SSSR count). The Labute approximate surface area is 112 Å². The number of aromatic amines is 1. The number of aryl methyl sites for hydroxylation is 2. The van der Waals surface area contributed by atoms with Crippen molar-refractivity contribution < 1.29 is 4.42 Å². The van der Waals surface area contributed by atoms with Crippen LogP contribution in [0.3, 0.4) is 0 Å². The normalized spacial score (nSPS) is 15.2. The molecule has 0 amide bonds. The highest BCUT2D eigenvalue weighted by atomic mass is 32.2. The van der Waals surface area contributed by atoms with Crippen molar-refractivity contribution in [2.45, 2.75) is 30.8 Å². The number of fused-ring (bicyclic) bond motifs is 5. The van der Waals surface area contributed by atoms with Crippen molar-refractivity contribution in [3.63, 3.8) is 0 Å². The summed E-state index contributed by atoms with van der Waals surface area (Å²) in [6.07, 6.45) is 6.12. The molecule has 1 aliphatic rings. The largest absolute Gasteiger partial charge is 0.442 e. The first-order valence-corrected chi connectivity index (χ1v) is 7.47. The van der Waals surface area contributed by atoms with Crippen LogP contribution in [0.4, 0.5) is 0 Å². The minimum atomic E-state index is -0.352. The van der Waals surface area contributed by atoms with Crippen LogP contribution in [-0.2, 0) is 12.8 Å². The van der Waals surface area contributed by atoms with Crippen molar-refractivity contribution in [2.75, 3.05) is 6.26 Å². The summed E-state index contributed by atoms with van der Waals surface area (Å²) >= 11 is 1.45. The Morgan fingerprint density at radius 1 is 1.32 bits per heavy atom. The molecule has 98 valence electrons. The van der Waals surface area contributed by atoms with Crippen LogP contribution < -0.4 is 5.69 Å². The summed E-state index contributed by atoms with van der Waals surface area (Å²) in [6.45, 7) is 0. The van der Waals surface area contributed by atoms with Gasteiger partial charge in [-0.1, -0.05) is 11.8 Å². The van der Waals surface area contributed by atoms with Crippen LogP contribution in [0.5, 0.6) is 0 Å². The molecule has 19 heavy (non-hydrogen) atoms. The Bertz CT molecular complexity index is 845.